The predicted molar refractivity (Wildman–Crippen MR) is 68.4 cm³/mol. The van der Waals surface area contributed by atoms with E-state index >= 15 is 0 Å². The lowest BCUT2D eigenvalue weighted by molar-refractivity contribution is 0.0526. The molecule has 0 aliphatic heterocycles. The highest BCUT2D eigenvalue weighted by atomic mass is 16.6. The first-order chi connectivity index (χ1) is 7.74. The zero-order valence-corrected chi connectivity index (χ0v) is 11.0. The fraction of sp³-hybridized carbons (Fsp3) is 0.462. The molecule has 0 spiro atoms. The van der Waals surface area contributed by atoms with E-state index in [4.69, 9.17) is 9.47 Å². The monoisotopic (exact) mass is 239 g/mol. The van der Waals surface area contributed by atoms with Crippen LogP contribution in [0.15, 0.2) is 36.8 Å². The highest BCUT2D eigenvalue weighted by Gasteiger charge is 2.15. The van der Waals surface area contributed by atoms with E-state index < -0.39 is 11.7 Å². The lowest BCUT2D eigenvalue weighted by atomic mass is 10.2. The molecular weight excluding hydrogens is 218 g/mol. The maximum atomic E-state index is 11.3. The Morgan fingerprint density at radius 2 is 2.00 bits per heavy atom. The van der Waals surface area contributed by atoms with Crippen molar-refractivity contribution < 1.29 is 14.3 Å². The Bertz CT molecular complexity index is 324. The highest BCUT2D eigenvalue weighted by molar-refractivity contribution is 5.67. The van der Waals surface area contributed by atoms with Crippen molar-refractivity contribution in [3.63, 3.8) is 0 Å². The number of carbonyl (C=O) groups is 1. The summed E-state index contributed by atoms with van der Waals surface area (Å²) < 4.78 is 10.2. The molecule has 0 fully saturated rings. The fourth-order valence-corrected chi connectivity index (χ4v) is 0.751. The van der Waals surface area contributed by atoms with E-state index in [1.54, 1.807) is 26.8 Å². The van der Waals surface area contributed by atoms with Gasteiger partial charge in [-0.25, -0.2) is 4.79 Å². The van der Waals surface area contributed by atoms with Crippen molar-refractivity contribution in [1.82, 2.24) is 5.32 Å². The molecule has 96 valence electrons. The number of alkyl carbamates (subject to hydrolysis) is 1. The summed E-state index contributed by atoms with van der Waals surface area (Å²) in [7, 11) is 0. The van der Waals surface area contributed by atoms with Gasteiger partial charge in [-0.15, -0.1) is 0 Å². The number of rotatable bonds is 5. The average molecular weight is 239 g/mol. The quantitative estimate of drug-likeness (QED) is 0.592. The number of nitrogens with one attached hydrogen (secondary N) is 1. The van der Waals surface area contributed by atoms with Crippen LogP contribution in [0.3, 0.4) is 0 Å². The van der Waals surface area contributed by atoms with Crippen LogP contribution in [0.2, 0.25) is 0 Å². The van der Waals surface area contributed by atoms with Gasteiger partial charge in [0, 0.05) is 0 Å². The van der Waals surface area contributed by atoms with Gasteiger partial charge in [-0.05, 0) is 33.3 Å². The molecule has 0 atom stereocenters. The lowest BCUT2D eigenvalue weighted by Gasteiger charge is -2.19. The zero-order valence-electron chi connectivity index (χ0n) is 11.0. The first kappa shape index (κ1) is 15.3. The van der Waals surface area contributed by atoms with Gasteiger partial charge in [0.1, 0.15) is 11.4 Å². The number of allylic oxidation sites excluding steroid dienone is 2. The topological polar surface area (TPSA) is 47.6 Å². The van der Waals surface area contributed by atoms with Crippen LogP contribution in [-0.4, -0.2) is 18.2 Å². The second kappa shape index (κ2) is 6.78. The molecule has 0 aliphatic carbocycles. The Balaban J connectivity index is 3.93. The summed E-state index contributed by atoms with van der Waals surface area (Å²) in [6.07, 6.45) is 2.69. The van der Waals surface area contributed by atoms with Gasteiger partial charge in [-0.3, -0.25) is 0 Å². The van der Waals surface area contributed by atoms with Crippen molar-refractivity contribution in [3.05, 3.63) is 36.8 Å². The average Bonchev–Trinajstić information content (AvgIpc) is 2.20. The summed E-state index contributed by atoms with van der Waals surface area (Å²) in [5, 5.41) is 2.54. The molecule has 0 aromatic rings. The Labute approximate surface area is 103 Å². The second-order valence-corrected chi connectivity index (χ2v) is 4.58. The summed E-state index contributed by atoms with van der Waals surface area (Å²) in [6, 6.07) is 0. The van der Waals surface area contributed by atoms with Crippen LogP contribution in [0, 0.1) is 0 Å². The van der Waals surface area contributed by atoms with Crippen molar-refractivity contribution >= 4 is 6.09 Å². The van der Waals surface area contributed by atoms with Gasteiger partial charge < -0.3 is 14.8 Å². The van der Waals surface area contributed by atoms with Gasteiger partial charge >= 0.3 is 6.09 Å². The smallest absolute Gasteiger partial charge is 0.408 e. The van der Waals surface area contributed by atoms with Crippen LogP contribution < -0.4 is 5.32 Å². The third-order valence-corrected chi connectivity index (χ3v) is 1.56. The number of ether oxygens (including phenoxy) is 2. The fourth-order valence-electron chi connectivity index (χ4n) is 0.751. The summed E-state index contributed by atoms with van der Waals surface area (Å²) in [4.78, 5) is 11.3. The van der Waals surface area contributed by atoms with Gasteiger partial charge in [0.2, 0.25) is 0 Å². The van der Waals surface area contributed by atoms with Crippen LogP contribution in [0.1, 0.15) is 27.7 Å². The van der Waals surface area contributed by atoms with Crippen molar-refractivity contribution in [2.24, 2.45) is 0 Å². The summed E-state index contributed by atoms with van der Waals surface area (Å²) >= 11 is 0. The minimum atomic E-state index is -0.508. The van der Waals surface area contributed by atoms with Crippen molar-refractivity contribution in [2.45, 2.75) is 33.3 Å². The summed E-state index contributed by atoms with van der Waals surface area (Å²) in [5.41, 5.74) is 0.370. The van der Waals surface area contributed by atoms with Gasteiger partial charge in [-0.1, -0.05) is 19.2 Å². The van der Waals surface area contributed by atoms with E-state index in [0.717, 1.165) is 5.57 Å². The largest absolute Gasteiger partial charge is 0.468 e. The van der Waals surface area contributed by atoms with E-state index in [1.807, 2.05) is 6.92 Å². The molecule has 0 aliphatic rings. The van der Waals surface area contributed by atoms with Gasteiger partial charge in [0.15, 0.2) is 0 Å². The van der Waals surface area contributed by atoms with Gasteiger partial charge in [0.05, 0.1) is 12.8 Å². The minimum absolute atomic E-state index is 0.204. The predicted octanol–water partition coefficient (Wildman–Crippen LogP) is 3.13. The number of carbonyl (C=O) groups excluding carboxylic acids is 1. The van der Waals surface area contributed by atoms with Gasteiger partial charge in [-0.2, -0.15) is 0 Å². The van der Waals surface area contributed by atoms with Crippen molar-refractivity contribution in [3.8, 4) is 0 Å². The molecule has 0 aromatic carbocycles. The molecular formula is C13H21NO3. The lowest BCUT2D eigenvalue weighted by Crippen LogP contribution is -2.33. The standard InChI is InChI=1S/C13H21NO3/c1-7-10(2)9-16-11(3)8-14-12(15)17-13(4,5)6/h7,9H,1,3,8H2,2,4-6H3,(H,14,15). The molecule has 0 unspecified atom stereocenters. The second-order valence-electron chi connectivity index (χ2n) is 4.58. The molecule has 0 rings (SSSR count). The normalized spacial score (nSPS) is 11.6. The molecule has 0 bridgehead atoms. The van der Waals surface area contributed by atoms with Crippen LogP contribution in [0.25, 0.3) is 0 Å². The SMILES string of the molecule is C=CC(C)=COC(=C)CNC(=O)OC(C)(C)C. The third-order valence-electron chi connectivity index (χ3n) is 1.56. The van der Waals surface area contributed by atoms with Crippen molar-refractivity contribution in [2.75, 3.05) is 6.54 Å². The first-order valence-corrected chi connectivity index (χ1v) is 5.35. The zero-order chi connectivity index (χ0) is 13.5. The summed E-state index contributed by atoms with van der Waals surface area (Å²) in [6.45, 7) is 14.7. The van der Waals surface area contributed by atoms with E-state index in [-0.39, 0.29) is 6.54 Å². The molecule has 0 saturated carbocycles. The molecule has 0 radical (unpaired) electrons. The highest BCUT2D eigenvalue weighted by Crippen LogP contribution is 2.06. The van der Waals surface area contributed by atoms with Crippen LogP contribution >= 0.6 is 0 Å². The van der Waals surface area contributed by atoms with E-state index in [2.05, 4.69) is 18.5 Å². The van der Waals surface area contributed by atoms with Crippen LogP contribution in [0.5, 0.6) is 0 Å². The van der Waals surface area contributed by atoms with Gasteiger partial charge in [0.25, 0.3) is 0 Å². The minimum Gasteiger partial charge on any atom is -0.468 e. The molecule has 0 aromatic heterocycles. The molecule has 4 heteroatoms. The first-order valence-electron chi connectivity index (χ1n) is 5.35. The van der Waals surface area contributed by atoms with Crippen molar-refractivity contribution in [1.29, 1.82) is 0 Å². The Kier molecular flexibility index (Phi) is 6.10. The molecule has 1 amide bonds. The Morgan fingerprint density at radius 3 is 2.47 bits per heavy atom. The number of hydrogen-bond donors (Lipinski definition) is 1. The molecule has 17 heavy (non-hydrogen) atoms. The summed E-state index contributed by atoms with van der Waals surface area (Å²) in [5.74, 6) is 0.428. The maximum absolute atomic E-state index is 11.3. The molecule has 0 saturated heterocycles. The van der Waals surface area contributed by atoms with Crippen LogP contribution in [0.4, 0.5) is 4.79 Å². The van der Waals surface area contributed by atoms with E-state index in [9.17, 15) is 4.79 Å². The third kappa shape index (κ3) is 9.23. The Hall–Kier alpha value is -1.71. The number of hydrogen-bond acceptors (Lipinski definition) is 3. The molecule has 1 N–H and O–H groups in total. The van der Waals surface area contributed by atoms with Crippen LogP contribution in [-0.2, 0) is 9.47 Å². The molecule has 0 heterocycles. The number of amides is 1. The van der Waals surface area contributed by atoms with E-state index in [0.29, 0.717) is 5.76 Å². The maximum Gasteiger partial charge on any atom is 0.408 e. The van der Waals surface area contributed by atoms with E-state index in [1.165, 1.54) is 6.26 Å². The Morgan fingerprint density at radius 1 is 1.41 bits per heavy atom. The molecule has 4 nitrogen and oxygen atoms in total.